The van der Waals surface area contributed by atoms with E-state index in [-0.39, 0.29) is 31.7 Å². The standard InChI is InChI=1S/C5H8O2.2CHO.Rh/c1-2-5(7)3-4-6;2*1-2;/h4H,2-3H2,1H3;2*1H;/q;2*-1;+2. The summed E-state index contributed by atoms with van der Waals surface area (Å²) in [7, 11) is 0. The number of Topliss-reactive ketones (excluding diaryl/α,β-unsaturated/α-hetero) is 1. The Balaban J connectivity index is -0.0000000560. The zero-order valence-corrected chi connectivity index (χ0v) is 8.25. The van der Waals surface area contributed by atoms with E-state index in [1.54, 1.807) is 6.92 Å². The Morgan fingerprint density at radius 2 is 1.58 bits per heavy atom. The number of hydrogen-bond acceptors (Lipinski definition) is 4. The fourth-order valence-electron chi connectivity index (χ4n) is 0.237. The van der Waals surface area contributed by atoms with Gasteiger partial charge in [0.2, 0.25) is 0 Å². The average Bonchev–Trinajstić information content (AvgIpc) is 2.12. The zero-order valence-electron chi connectivity index (χ0n) is 6.61. The normalized spacial score (nSPS) is 5.42. The minimum Gasteiger partial charge on any atom is -0.545 e. The van der Waals surface area contributed by atoms with E-state index in [9.17, 15) is 9.59 Å². The van der Waals surface area contributed by atoms with Crippen LogP contribution in [0.5, 0.6) is 0 Å². The van der Waals surface area contributed by atoms with E-state index in [0.29, 0.717) is 12.7 Å². The molecule has 5 heteroatoms. The van der Waals surface area contributed by atoms with E-state index in [1.165, 1.54) is 0 Å². The van der Waals surface area contributed by atoms with Crippen molar-refractivity contribution in [3.8, 4) is 0 Å². The predicted molar refractivity (Wildman–Crippen MR) is 39.5 cm³/mol. The van der Waals surface area contributed by atoms with Crippen LogP contribution in [0.4, 0.5) is 0 Å². The first-order chi connectivity index (χ1) is 5.31. The van der Waals surface area contributed by atoms with Crippen molar-refractivity contribution in [1.29, 1.82) is 0 Å². The SMILES string of the molecule is CCC(=O)CC=O.[CH-]=O.[CH-]=O.[Rh+2]. The van der Waals surface area contributed by atoms with Crippen LogP contribution in [0.3, 0.4) is 0 Å². The van der Waals surface area contributed by atoms with E-state index >= 15 is 0 Å². The first kappa shape index (κ1) is 22.5. The van der Waals surface area contributed by atoms with Gasteiger partial charge in [0.15, 0.2) is 0 Å². The molecule has 0 bridgehead atoms. The molecule has 0 aliphatic carbocycles. The van der Waals surface area contributed by atoms with E-state index in [2.05, 4.69) is 13.6 Å². The van der Waals surface area contributed by atoms with Gasteiger partial charge in [0.1, 0.15) is 12.1 Å². The van der Waals surface area contributed by atoms with Gasteiger partial charge in [-0.1, -0.05) is 6.92 Å². The third-order valence-corrected chi connectivity index (χ3v) is 0.705. The molecule has 0 saturated carbocycles. The van der Waals surface area contributed by atoms with Gasteiger partial charge in [-0.05, 0) is 0 Å². The van der Waals surface area contributed by atoms with Crippen molar-refractivity contribution in [2.45, 2.75) is 19.8 Å². The molecule has 0 saturated heterocycles. The number of carbonyl (C=O) groups is 2. The Hall–Kier alpha value is -0.697. The number of aldehydes is 1. The largest absolute Gasteiger partial charge is 2.00 e. The molecule has 0 unspecified atom stereocenters. The molecule has 0 amide bonds. The molecule has 0 N–H and O–H groups in total. The fourth-order valence-corrected chi connectivity index (χ4v) is 0.237. The topological polar surface area (TPSA) is 68.3 Å². The Morgan fingerprint density at radius 1 is 1.25 bits per heavy atom. The van der Waals surface area contributed by atoms with Gasteiger partial charge in [0.25, 0.3) is 0 Å². The van der Waals surface area contributed by atoms with E-state index in [4.69, 9.17) is 9.59 Å². The Kier molecular flexibility index (Phi) is 59.4. The summed E-state index contributed by atoms with van der Waals surface area (Å²) < 4.78 is 0. The van der Waals surface area contributed by atoms with Crippen LogP contribution in [0.25, 0.3) is 0 Å². The first-order valence-corrected chi connectivity index (χ1v) is 2.73. The average molecular weight is 261 g/mol. The van der Waals surface area contributed by atoms with Gasteiger partial charge in [0, 0.05) is 6.42 Å². The third-order valence-electron chi connectivity index (χ3n) is 0.705. The maximum Gasteiger partial charge on any atom is 2.00 e. The van der Waals surface area contributed by atoms with Crippen LogP contribution in [-0.2, 0) is 38.7 Å². The molecule has 0 aromatic carbocycles. The Morgan fingerprint density at radius 3 is 1.67 bits per heavy atom. The molecule has 0 aliphatic heterocycles. The summed E-state index contributed by atoms with van der Waals surface area (Å²) in [6.07, 6.45) is 1.18. The molecule has 4 nitrogen and oxygen atoms in total. The minimum absolute atomic E-state index is 0. The summed E-state index contributed by atoms with van der Waals surface area (Å²) in [4.78, 5) is 35.2. The summed E-state index contributed by atoms with van der Waals surface area (Å²) in [5, 5.41) is 0. The van der Waals surface area contributed by atoms with E-state index in [0.717, 1.165) is 0 Å². The van der Waals surface area contributed by atoms with Crippen LogP contribution in [0.1, 0.15) is 19.8 Å². The van der Waals surface area contributed by atoms with Crippen LogP contribution >= 0.6 is 0 Å². The van der Waals surface area contributed by atoms with Crippen molar-refractivity contribution >= 4 is 25.6 Å². The third kappa shape index (κ3) is 34.6. The number of hydrogen-bond donors (Lipinski definition) is 0. The Labute approximate surface area is 84.5 Å². The summed E-state index contributed by atoms with van der Waals surface area (Å²) in [6, 6.07) is 0. The van der Waals surface area contributed by atoms with Gasteiger partial charge in [-0.2, -0.15) is 0 Å². The van der Waals surface area contributed by atoms with Crippen molar-refractivity contribution in [3.05, 3.63) is 0 Å². The van der Waals surface area contributed by atoms with Crippen molar-refractivity contribution in [3.63, 3.8) is 0 Å². The summed E-state index contributed by atoms with van der Waals surface area (Å²) in [5.74, 6) is 0.00926. The quantitative estimate of drug-likeness (QED) is 0.310. The maximum absolute atomic E-state index is 10.2. The molecule has 0 aliphatic rings. The van der Waals surface area contributed by atoms with Crippen LogP contribution in [0.15, 0.2) is 0 Å². The fraction of sp³-hybridized carbons (Fsp3) is 0.429. The molecule has 0 heterocycles. The van der Waals surface area contributed by atoms with Crippen molar-refractivity contribution in [2.24, 2.45) is 0 Å². The van der Waals surface area contributed by atoms with Gasteiger partial charge >= 0.3 is 19.5 Å². The van der Waals surface area contributed by atoms with Gasteiger partial charge in [0.05, 0.1) is 6.42 Å². The molecule has 0 rings (SSSR count). The molecule has 0 spiro atoms. The molecule has 71 valence electrons. The number of rotatable bonds is 3. The summed E-state index contributed by atoms with van der Waals surface area (Å²) in [6.45, 7) is 8.24. The van der Waals surface area contributed by atoms with Gasteiger partial charge in [-0.3, -0.25) is 18.4 Å². The van der Waals surface area contributed by atoms with Crippen molar-refractivity contribution in [2.75, 3.05) is 0 Å². The molecule has 1 radical (unpaired) electrons. The molecule has 0 aromatic heterocycles. The van der Waals surface area contributed by atoms with Crippen molar-refractivity contribution in [1.82, 2.24) is 0 Å². The second kappa shape index (κ2) is 31.7. The zero-order chi connectivity index (χ0) is 9.70. The minimum atomic E-state index is 0. The summed E-state index contributed by atoms with van der Waals surface area (Å²) >= 11 is 0. The maximum atomic E-state index is 10.2. The number of carbonyl (C=O) groups excluding carboxylic acids is 4. The second-order valence-electron chi connectivity index (χ2n) is 1.26. The Bertz CT molecular complexity index is 104. The summed E-state index contributed by atoms with van der Waals surface area (Å²) in [5.41, 5.74) is 0. The second-order valence-corrected chi connectivity index (χ2v) is 1.26. The predicted octanol–water partition coefficient (Wildman–Crippen LogP) is 0.00380. The molecular weight excluding hydrogens is 251 g/mol. The van der Waals surface area contributed by atoms with Gasteiger partial charge in [-0.25, -0.2) is 0 Å². The molecule has 0 fully saturated rings. The van der Waals surface area contributed by atoms with E-state index < -0.39 is 0 Å². The van der Waals surface area contributed by atoms with Crippen LogP contribution in [-0.4, -0.2) is 25.6 Å². The van der Waals surface area contributed by atoms with Gasteiger partial charge in [-0.15, -0.1) is 0 Å². The monoisotopic (exact) mass is 261 g/mol. The molecule has 0 aromatic rings. The van der Waals surface area contributed by atoms with Gasteiger partial charge < -0.3 is 14.4 Å². The van der Waals surface area contributed by atoms with Crippen molar-refractivity contribution < 1.29 is 38.7 Å². The molecule has 12 heavy (non-hydrogen) atoms. The smallest absolute Gasteiger partial charge is 0.545 e. The van der Waals surface area contributed by atoms with Crippen LogP contribution < -0.4 is 0 Å². The molecule has 0 atom stereocenters. The number of ketones is 1. The van der Waals surface area contributed by atoms with E-state index in [1.807, 2.05) is 0 Å². The molecular formula is C7H10O4Rh. The first-order valence-electron chi connectivity index (χ1n) is 2.73. The van der Waals surface area contributed by atoms with Crippen LogP contribution in [0.2, 0.25) is 0 Å². The van der Waals surface area contributed by atoms with Crippen LogP contribution in [0, 0.1) is 0 Å².